The number of anilines is 1. The van der Waals surface area contributed by atoms with Crippen LogP contribution < -0.4 is 5.32 Å². The number of carbonyl (C=O) groups is 1. The van der Waals surface area contributed by atoms with E-state index in [0.29, 0.717) is 48.7 Å². The van der Waals surface area contributed by atoms with Gasteiger partial charge in [-0.25, -0.2) is 4.79 Å². The van der Waals surface area contributed by atoms with Crippen molar-refractivity contribution in [2.45, 2.75) is 24.9 Å². The molecule has 3 aromatic rings. The second kappa shape index (κ2) is 7.67. The van der Waals surface area contributed by atoms with E-state index in [2.05, 4.69) is 15.5 Å². The molecule has 0 saturated carbocycles. The Labute approximate surface area is 169 Å². The number of urea groups is 1. The van der Waals surface area contributed by atoms with Gasteiger partial charge in [0.05, 0.1) is 17.2 Å². The number of amides is 2. The molecule has 0 radical (unpaired) electrons. The summed E-state index contributed by atoms with van der Waals surface area (Å²) in [5.74, 6) is 0.177. The molecule has 1 saturated heterocycles. The van der Waals surface area contributed by atoms with Gasteiger partial charge in [-0.15, -0.1) is 10.2 Å². The van der Waals surface area contributed by atoms with Crippen molar-refractivity contribution < 1.29 is 18.0 Å². The van der Waals surface area contributed by atoms with E-state index >= 15 is 0 Å². The van der Waals surface area contributed by atoms with Crippen molar-refractivity contribution in [3.8, 4) is 6.07 Å². The molecule has 0 spiro atoms. The van der Waals surface area contributed by atoms with Crippen LogP contribution in [0.15, 0.2) is 42.6 Å². The summed E-state index contributed by atoms with van der Waals surface area (Å²) in [7, 11) is 0. The van der Waals surface area contributed by atoms with E-state index in [-0.39, 0.29) is 11.9 Å². The Hall–Kier alpha value is -3.61. The number of carbonyl (C=O) groups excluding carboxylic acids is 1. The van der Waals surface area contributed by atoms with Crippen LogP contribution in [0.4, 0.5) is 23.7 Å². The normalized spacial score (nSPS) is 17.0. The molecule has 1 aliphatic rings. The first-order valence-corrected chi connectivity index (χ1v) is 9.33. The maximum atomic E-state index is 13.1. The number of nitriles is 1. The zero-order valence-electron chi connectivity index (χ0n) is 15.7. The van der Waals surface area contributed by atoms with Crippen LogP contribution in [0, 0.1) is 11.3 Å². The average molecular weight is 414 g/mol. The van der Waals surface area contributed by atoms with Crippen LogP contribution >= 0.6 is 0 Å². The molecule has 1 atom stereocenters. The molecule has 1 fully saturated rings. The number of hydrogen-bond acceptors (Lipinski definition) is 4. The second-order valence-corrected chi connectivity index (χ2v) is 7.11. The summed E-state index contributed by atoms with van der Waals surface area (Å²) >= 11 is 0. The van der Waals surface area contributed by atoms with Gasteiger partial charge in [0.25, 0.3) is 0 Å². The molecule has 154 valence electrons. The fraction of sp³-hybridized carbons (Fsp3) is 0.300. The highest BCUT2D eigenvalue weighted by Gasteiger charge is 2.32. The molecule has 0 unspecified atom stereocenters. The van der Waals surface area contributed by atoms with Crippen LogP contribution in [0.25, 0.3) is 5.65 Å². The van der Waals surface area contributed by atoms with E-state index < -0.39 is 11.7 Å². The van der Waals surface area contributed by atoms with E-state index in [0.717, 1.165) is 12.3 Å². The van der Waals surface area contributed by atoms with Gasteiger partial charge in [-0.2, -0.15) is 18.4 Å². The number of nitrogens with one attached hydrogen (secondary N) is 1. The number of nitrogens with zero attached hydrogens (tertiary/aromatic N) is 5. The molecule has 1 N–H and O–H groups in total. The minimum absolute atomic E-state index is 0.232. The van der Waals surface area contributed by atoms with Crippen LogP contribution in [0.2, 0.25) is 0 Å². The minimum Gasteiger partial charge on any atom is -0.324 e. The third-order valence-corrected chi connectivity index (χ3v) is 5.10. The highest BCUT2D eigenvalue weighted by atomic mass is 19.4. The fourth-order valence-corrected chi connectivity index (χ4v) is 3.56. The van der Waals surface area contributed by atoms with Gasteiger partial charge in [-0.3, -0.25) is 4.40 Å². The topological polar surface area (TPSA) is 86.3 Å². The summed E-state index contributed by atoms with van der Waals surface area (Å²) < 4.78 is 40.6. The van der Waals surface area contributed by atoms with E-state index in [1.807, 2.05) is 6.07 Å². The molecule has 3 heterocycles. The number of alkyl halides is 3. The Morgan fingerprint density at radius 3 is 2.63 bits per heavy atom. The van der Waals surface area contributed by atoms with E-state index in [9.17, 15) is 18.0 Å². The molecule has 1 aromatic carbocycles. The largest absolute Gasteiger partial charge is 0.417 e. The smallest absolute Gasteiger partial charge is 0.324 e. The lowest BCUT2D eigenvalue weighted by molar-refractivity contribution is -0.137. The Kier molecular flexibility index (Phi) is 5.03. The number of fused-ring (bicyclic) bond motifs is 1. The Morgan fingerprint density at radius 1 is 1.17 bits per heavy atom. The monoisotopic (exact) mass is 414 g/mol. The van der Waals surface area contributed by atoms with E-state index in [4.69, 9.17) is 5.26 Å². The van der Waals surface area contributed by atoms with Crippen LogP contribution in [-0.2, 0) is 6.18 Å². The van der Waals surface area contributed by atoms with E-state index in [1.165, 1.54) is 10.5 Å². The highest BCUT2D eigenvalue weighted by molar-refractivity contribution is 5.89. The summed E-state index contributed by atoms with van der Waals surface area (Å²) in [4.78, 5) is 14.3. The van der Waals surface area contributed by atoms with Crippen molar-refractivity contribution >= 4 is 17.4 Å². The predicted molar refractivity (Wildman–Crippen MR) is 102 cm³/mol. The zero-order chi connectivity index (χ0) is 21.3. The minimum atomic E-state index is -4.46. The molecule has 7 nitrogen and oxygen atoms in total. The number of pyridine rings is 1. The third kappa shape index (κ3) is 3.91. The summed E-state index contributed by atoms with van der Waals surface area (Å²) in [6.45, 7) is 0.850. The molecule has 1 aliphatic heterocycles. The molecule has 2 aromatic heterocycles. The highest BCUT2D eigenvalue weighted by Crippen LogP contribution is 2.31. The summed E-state index contributed by atoms with van der Waals surface area (Å²) in [5.41, 5.74) is 0.603. The second-order valence-electron chi connectivity index (χ2n) is 7.11. The van der Waals surface area contributed by atoms with Crippen LogP contribution in [0.1, 0.15) is 35.7 Å². The third-order valence-electron chi connectivity index (χ3n) is 5.10. The molecular formula is C20H17F3N6O. The molecule has 10 heteroatoms. The van der Waals surface area contributed by atoms with Crippen LogP contribution in [0.3, 0.4) is 0 Å². The maximum Gasteiger partial charge on any atom is 0.417 e. The number of halogens is 3. The van der Waals surface area contributed by atoms with Crippen molar-refractivity contribution in [2.75, 3.05) is 18.4 Å². The van der Waals surface area contributed by atoms with Crippen molar-refractivity contribution in [3.05, 3.63) is 59.5 Å². The molecule has 2 amide bonds. The number of aromatic nitrogens is 3. The van der Waals surface area contributed by atoms with Crippen molar-refractivity contribution in [1.82, 2.24) is 19.5 Å². The van der Waals surface area contributed by atoms with Gasteiger partial charge in [0, 0.05) is 30.9 Å². The molecule has 0 bridgehead atoms. The lowest BCUT2D eigenvalue weighted by atomic mass is 9.97. The number of piperidine rings is 1. The summed E-state index contributed by atoms with van der Waals surface area (Å²) in [6.07, 6.45) is -2.08. The zero-order valence-corrected chi connectivity index (χ0v) is 15.7. The Morgan fingerprint density at radius 2 is 1.93 bits per heavy atom. The van der Waals surface area contributed by atoms with Crippen LogP contribution in [0.5, 0.6) is 0 Å². The van der Waals surface area contributed by atoms with E-state index in [1.54, 1.807) is 29.2 Å². The Bertz CT molecular complexity index is 1120. The first-order chi connectivity index (χ1) is 14.3. The summed E-state index contributed by atoms with van der Waals surface area (Å²) in [6, 6.07) is 10.5. The van der Waals surface area contributed by atoms with Gasteiger partial charge < -0.3 is 10.2 Å². The van der Waals surface area contributed by atoms with Gasteiger partial charge in [-0.05, 0) is 49.2 Å². The standard InChI is InChI=1S/C20H17F3N6O/c21-20(22,23)15-5-8-17-26-27-18(29(17)12-15)14-2-1-9-28(11-14)19(30)25-16-6-3-13(10-24)4-7-16/h3-8,12,14H,1-2,9,11H2,(H,25,30)/t14-/m0/s1. The van der Waals surface area contributed by atoms with Crippen LogP contribution in [-0.4, -0.2) is 38.6 Å². The number of hydrogen-bond donors (Lipinski definition) is 1. The fourth-order valence-electron chi connectivity index (χ4n) is 3.56. The van der Waals surface area contributed by atoms with Gasteiger partial charge in [0.2, 0.25) is 0 Å². The van der Waals surface area contributed by atoms with Gasteiger partial charge in [0.15, 0.2) is 5.65 Å². The number of likely N-dealkylation sites (tertiary alicyclic amines) is 1. The van der Waals surface area contributed by atoms with Gasteiger partial charge in [-0.1, -0.05) is 0 Å². The quantitative estimate of drug-likeness (QED) is 0.686. The predicted octanol–water partition coefficient (Wildman–Crippen LogP) is 4.03. The molecule has 4 rings (SSSR count). The van der Waals surface area contributed by atoms with Crippen molar-refractivity contribution in [1.29, 1.82) is 5.26 Å². The SMILES string of the molecule is N#Cc1ccc(NC(=O)N2CCC[C@H](c3nnc4ccc(C(F)(F)F)cn34)C2)cc1. The summed E-state index contributed by atoms with van der Waals surface area (Å²) in [5, 5.41) is 19.7. The lowest BCUT2D eigenvalue weighted by Gasteiger charge is -2.32. The number of rotatable bonds is 2. The van der Waals surface area contributed by atoms with Crippen molar-refractivity contribution in [2.24, 2.45) is 0 Å². The number of benzene rings is 1. The van der Waals surface area contributed by atoms with Gasteiger partial charge in [0.1, 0.15) is 5.82 Å². The first-order valence-electron chi connectivity index (χ1n) is 9.33. The first kappa shape index (κ1) is 19.7. The average Bonchev–Trinajstić information content (AvgIpc) is 3.17. The molecule has 0 aliphatic carbocycles. The molecule has 30 heavy (non-hydrogen) atoms. The van der Waals surface area contributed by atoms with Gasteiger partial charge >= 0.3 is 12.2 Å². The molecular weight excluding hydrogens is 397 g/mol. The Balaban J connectivity index is 1.52. The maximum absolute atomic E-state index is 13.1. The lowest BCUT2D eigenvalue weighted by Crippen LogP contribution is -2.42. The van der Waals surface area contributed by atoms with Crippen molar-refractivity contribution in [3.63, 3.8) is 0 Å².